The fraction of sp³-hybridized carbons (Fsp3) is 0.190. The number of halogens is 1. The Morgan fingerprint density at radius 2 is 1.93 bits per heavy atom. The summed E-state index contributed by atoms with van der Waals surface area (Å²) in [5, 5.41) is 0.280. The largest absolute Gasteiger partial charge is 0.452 e. The van der Waals surface area contributed by atoms with E-state index in [4.69, 9.17) is 16.3 Å². The third kappa shape index (κ3) is 4.40. The van der Waals surface area contributed by atoms with Gasteiger partial charge >= 0.3 is 5.97 Å². The number of rotatable bonds is 6. The van der Waals surface area contributed by atoms with Gasteiger partial charge in [0.15, 0.2) is 11.8 Å². The summed E-state index contributed by atoms with van der Waals surface area (Å²) < 4.78 is 6.83. The first-order valence-corrected chi connectivity index (χ1v) is 9.13. The normalized spacial score (nSPS) is 12.2. The molecular weight excluding hydrogens is 378 g/mol. The van der Waals surface area contributed by atoms with Gasteiger partial charge in [0, 0.05) is 19.3 Å². The van der Waals surface area contributed by atoms with E-state index >= 15 is 0 Å². The van der Waals surface area contributed by atoms with Crippen molar-refractivity contribution in [2.24, 2.45) is 0 Å². The van der Waals surface area contributed by atoms with Gasteiger partial charge in [-0.3, -0.25) is 9.20 Å². The number of carbonyl (C=O) groups is 2. The highest BCUT2D eigenvalue weighted by Gasteiger charge is 2.18. The molecule has 0 N–H and O–H groups in total. The van der Waals surface area contributed by atoms with Crippen molar-refractivity contribution in [2.45, 2.75) is 13.0 Å². The Morgan fingerprint density at radius 3 is 2.68 bits per heavy atom. The quantitative estimate of drug-likeness (QED) is 0.469. The van der Waals surface area contributed by atoms with Crippen molar-refractivity contribution in [3.05, 3.63) is 77.2 Å². The Bertz CT molecular complexity index is 1010. The summed E-state index contributed by atoms with van der Waals surface area (Å²) in [7, 11) is 1.68. The van der Waals surface area contributed by atoms with Gasteiger partial charge in [0.2, 0.25) is 0 Å². The molecule has 28 heavy (non-hydrogen) atoms. The van der Waals surface area contributed by atoms with Crippen LogP contribution in [0.3, 0.4) is 0 Å². The van der Waals surface area contributed by atoms with Crippen LogP contribution in [0, 0.1) is 0 Å². The van der Waals surface area contributed by atoms with E-state index in [1.165, 1.54) is 12.2 Å². The van der Waals surface area contributed by atoms with Gasteiger partial charge in [-0.25, -0.2) is 9.78 Å². The number of aromatic nitrogens is 2. The Balaban J connectivity index is 1.58. The first-order valence-electron chi connectivity index (χ1n) is 8.75. The molecule has 0 radical (unpaired) electrons. The number of imidazole rings is 1. The number of amides is 1. The third-order valence-electron chi connectivity index (χ3n) is 4.49. The zero-order valence-corrected chi connectivity index (χ0v) is 16.3. The van der Waals surface area contributed by atoms with Gasteiger partial charge in [-0.2, -0.15) is 0 Å². The maximum atomic E-state index is 12.3. The van der Waals surface area contributed by atoms with Crippen LogP contribution >= 0.6 is 11.6 Å². The van der Waals surface area contributed by atoms with Crippen molar-refractivity contribution < 1.29 is 14.3 Å². The standard InChI is InChI=1S/C21H20ClN3O3/c1-15(16-8-4-3-5-9-16)24(2)19(26)14-28-20(27)12-11-17-21(22)23-18-10-6-7-13-25(17)18/h3-13,15H,14H2,1-2H3/b12-11+/t15-/m0/s1. The molecule has 0 aliphatic heterocycles. The maximum Gasteiger partial charge on any atom is 0.331 e. The molecule has 1 atom stereocenters. The number of fused-ring (bicyclic) bond motifs is 1. The number of carbonyl (C=O) groups excluding carboxylic acids is 2. The Labute approximate surface area is 168 Å². The van der Waals surface area contributed by atoms with Crippen molar-refractivity contribution in [3.8, 4) is 0 Å². The highest BCUT2D eigenvalue weighted by Crippen LogP contribution is 2.19. The Kier molecular flexibility index (Phi) is 6.11. The number of likely N-dealkylation sites (N-methyl/N-ethyl adjacent to an activating group) is 1. The van der Waals surface area contributed by atoms with Gasteiger partial charge in [0.1, 0.15) is 5.65 Å². The molecule has 0 saturated carbocycles. The summed E-state index contributed by atoms with van der Waals surface area (Å²) in [6.45, 7) is 1.58. The number of pyridine rings is 1. The Hall–Kier alpha value is -3.12. The summed E-state index contributed by atoms with van der Waals surface area (Å²) in [5.41, 5.74) is 2.24. The predicted octanol–water partition coefficient (Wildman–Crippen LogP) is 3.76. The second-order valence-electron chi connectivity index (χ2n) is 6.25. The summed E-state index contributed by atoms with van der Waals surface area (Å²) in [6, 6.07) is 15.0. The lowest BCUT2D eigenvalue weighted by atomic mass is 10.1. The molecule has 3 rings (SSSR count). The van der Waals surface area contributed by atoms with Gasteiger partial charge in [-0.05, 0) is 30.7 Å². The van der Waals surface area contributed by atoms with Gasteiger partial charge < -0.3 is 9.64 Å². The highest BCUT2D eigenvalue weighted by molar-refractivity contribution is 6.31. The van der Waals surface area contributed by atoms with E-state index in [0.717, 1.165) is 5.56 Å². The van der Waals surface area contributed by atoms with Gasteiger partial charge in [-0.1, -0.05) is 48.0 Å². The van der Waals surface area contributed by atoms with Gasteiger partial charge in [0.05, 0.1) is 11.7 Å². The van der Waals surface area contributed by atoms with Crippen LogP contribution < -0.4 is 0 Å². The van der Waals surface area contributed by atoms with Gasteiger partial charge in [-0.15, -0.1) is 0 Å². The molecule has 2 aromatic heterocycles. The van der Waals surface area contributed by atoms with E-state index in [1.54, 1.807) is 22.5 Å². The summed E-state index contributed by atoms with van der Waals surface area (Å²) >= 11 is 6.12. The molecule has 1 amide bonds. The number of esters is 1. The molecule has 1 aromatic carbocycles. The van der Waals surface area contributed by atoms with E-state index in [-0.39, 0.29) is 23.7 Å². The average molecular weight is 398 g/mol. The number of hydrogen-bond acceptors (Lipinski definition) is 4. The van der Waals surface area contributed by atoms with Crippen molar-refractivity contribution in [1.29, 1.82) is 0 Å². The Morgan fingerprint density at radius 1 is 1.21 bits per heavy atom. The zero-order chi connectivity index (χ0) is 20.1. The first-order chi connectivity index (χ1) is 13.5. The summed E-state index contributed by atoms with van der Waals surface area (Å²) in [5.74, 6) is -0.915. The second kappa shape index (κ2) is 8.71. The summed E-state index contributed by atoms with van der Waals surface area (Å²) in [4.78, 5) is 30.1. The van der Waals surface area contributed by atoms with Crippen LogP contribution in [-0.2, 0) is 14.3 Å². The SMILES string of the molecule is C[C@@H](c1ccccc1)N(C)C(=O)COC(=O)/C=C/c1c(Cl)nc2ccccn12. The fourth-order valence-electron chi connectivity index (χ4n) is 2.74. The smallest absolute Gasteiger partial charge is 0.331 e. The van der Waals surface area contributed by atoms with E-state index in [9.17, 15) is 9.59 Å². The molecule has 6 nitrogen and oxygen atoms in total. The van der Waals surface area contributed by atoms with E-state index in [0.29, 0.717) is 11.3 Å². The van der Waals surface area contributed by atoms with Crippen LogP contribution in [0.4, 0.5) is 0 Å². The highest BCUT2D eigenvalue weighted by atomic mass is 35.5. The van der Waals surface area contributed by atoms with E-state index in [1.807, 2.05) is 55.5 Å². The third-order valence-corrected chi connectivity index (χ3v) is 4.77. The van der Waals surface area contributed by atoms with Crippen LogP contribution in [-0.4, -0.2) is 39.8 Å². The molecule has 0 bridgehead atoms. The number of nitrogens with zero attached hydrogens (tertiary/aromatic N) is 3. The first kappa shape index (κ1) is 19.6. The fourth-order valence-corrected chi connectivity index (χ4v) is 2.98. The molecule has 144 valence electrons. The second-order valence-corrected chi connectivity index (χ2v) is 6.61. The van der Waals surface area contributed by atoms with Crippen LogP contribution in [0.5, 0.6) is 0 Å². The van der Waals surface area contributed by atoms with Gasteiger partial charge in [0.25, 0.3) is 5.91 Å². The molecule has 2 heterocycles. The van der Waals surface area contributed by atoms with Crippen LogP contribution in [0.25, 0.3) is 11.7 Å². The minimum Gasteiger partial charge on any atom is -0.452 e. The zero-order valence-electron chi connectivity index (χ0n) is 15.6. The maximum absolute atomic E-state index is 12.3. The predicted molar refractivity (Wildman–Crippen MR) is 108 cm³/mol. The molecule has 0 aliphatic rings. The number of hydrogen-bond donors (Lipinski definition) is 0. The van der Waals surface area contributed by atoms with E-state index < -0.39 is 5.97 Å². The summed E-state index contributed by atoms with van der Waals surface area (Å²) in [6.07, 6.45) is 4.55. The lowest BCUT2D eigenvalue weighted by Gasteiger charge is -2.25. The van der Waals surface area contributed by atoms with Crippen molar-refractivity contribution >= 4 is 35.2 Å². The molecule has 0 aliphatic carbocycles. The van der Waals surface area contributed by atoms with Crippen LogP contribution in [0.2, 0.25) is 5.15 Å². The molecule has 7 heteroatoms. The molecule has 0 fully saturated rings. The molecular formula is C21H20ClN3O3. The minimum absolute atomic E-state index is 0.125. The number of benzene rings is 1. The molecule has 0 spiro atoms. The number of ether oxygens (including phenoxy) is 1. The van der Waals surface area contributed by atoms with Crippen molar-refractivity contribution in [1.82, 2.24) is 14.3 Å². The molecule has 0 saturated heterocycles. The molecule has 0 unspecified atom stereocenters. The minimum atomic E-state index is -0.629. The molecule has 3 aromatic rings. The van der Waals surface area contributed by atoms with Crippen LogP contribution in [0.1, 0.15) is 24.2 Å². The van der Waals surface area contributed by atoms with E-state index in [2.05, 4.69) is 4.98 Å². The van der Waals surface area contributed by atoms with Crippen molar-refractivity contribution in [3.63, 3.8) is 0 Å². The topological polar surface area (TPSA) is 63.9 Å². The van der Waals surface area contributed by atoms with Crippen LogP contribution in [0.15, 0.2) is 60.8 Å². The lowest BCUT2D eigenvalue weighted by molar-refractivity contribution is -0.148. The average Bonchev–Trinajstić information content (AvgIpc) is 3.04. The monoisotopic (exact) mass is 397 g/mol. The lowest BCUT2D eigenvalue weighted by Crippen LogP contribution is -2.33. The van der Waals surface area contributed by atoms with Crippen molar-refractivity contribution in [2.75, 3.05) is 13.7 Å².